The summed E-state index contributed by atoms with van der Waals surface area (Å²) in [6.45, 7) is 5.17. The maximum Gasteiger partial charge on any atom is 0.248 e. The first-order valence-corrected chi connectivity index (χ1v) is 11.3. The highest BCUT2D eigenvalue weighted by molar-refractivity contribution is 6.04. The molecule has 1 aliphatic rings. The van der Waals surface area contributed by atoms with Crippen molar-refractivity contribution < 1.29 is 9.21 Å². The van der Waals surface area contributed by atoms with E-state index in [0.717, 1.165) is 66.3 Å². The maximum absolute atomic E-state index is 12.5. The molecule has 2 N–H and O–H groups in total. The third kappa shape index (κ3) is 5.75. The SMILES string of the molecule is Cl.O=C(C=Cc1ccccc1)Nc1ccccc1-c1cc2cc(CN3CCNCC3)ccc2o1. The van der Waals surface area contributed by atoms with Crippen molar-refractivity contribution in [2.45, 2.75) is 6.54 Å². The third-order valence-corrected chi connectivity index (χ3v) is 5.87. The van der Waals surface area contributed by atoms with Gasteiger partial charge in [-0.2, -0.15) is 0 Å². The number of anilines is 1. The zero-order valence-corrected chi connectivity index (χ0v) is 19.7. The number of nitrogens with one attached hydrogen (secondary N) is 2. The Morgan fingerprint density at radius 1 is 0.971 bits per heavy atom. The van der Waals surface area contributed by atoms with Crippen molar-refractivity contribution in [2.75, 3.05) is 31.5 Å². The summed E-state index contributed by atoms with van der Waals surface area (Å²) < 4.78 is 6.16. The molecule has 0 spiro atoms. The average Bonchev–Trinajstić information content (AvgIpc) is 3.28. The lowest BCUT2D eigenvalue weighted by molar-refractivity contribution is -0.111. The predicted octanol–water partition coefficient (Wildman–Crippen LogP) is 5.58. The first kappa shape index (κ1) is 23.8. The molecule has 1 aliphatic heterocycles. The quantitative estimate of drug-likeness (QED) is 0.359. The van der Waals surface area contributed by atoms with Gasteiger partial charge in [-0.25, -0.2) is 0 Å². The van der Waals surface area contributed by atoms with Crippen LogP contribution in [0.3, 0.4) is 0 Å². The van der Waals surface area contributed by atoms with Crippen LogP contribution in [0.25, 0.3) is 28.4 Å². The van der Waals surface area contributed by atoms with Crippen LogP contribution in [0.2, 0.25) is 0 Å². The summed E-state index contributed by atoms with van der Waals surface area (Å²) in [5, 5.41) is 7.46. The summed E-state index contributed by atoms with van der Waals surface area (Å²) in [5.74, 6) is 0.563. The molecule has 0 unspecified atom stereocenters. The largest absolute Gasteiger partial charge is 0.456 e. The van der Waals surface area contributed by atoms with Gasteiger partial charge in [-0.15, -0.1) is 12.4 Å². The van der Waals surface area contributed by atoms with Crippen molar-refractivity contribution in [1.29, 1.82) is 0 Å². The van der Waals surface area contributed by atoms with E-state index in [1.54, 1.807) is 12.2 Å². The molecule has 5 rings (SSSR count). The number of para-hydroxylation sites is 1. The first-order chi connectivity index (χ1) is 16.2. The molecule has 3 aromatic carbocycles. The van der Waals surface area contributed by atoms with E-state index in [4.69, 9.17) is 4.42 Å². The zero-order chi connectivity index (χ0) is 22.5. The van der Waals surface area contributed by atoms with Crippen LogP contribution in [0.1, 0.15) is 11.1 Å². The molecular weight excluding hydrogens is 446 g/mol. The molecule has 2 heterocycles. The van der Waals surface area contributed by atoms with Gasteiger partial charge in [0.25, 0.3) is 0 Å². The van der Waals surface area contributed by atoms with Gasteiger partial charge in [0.15, 0.2) is 0 Å². The Morgan fingerprint density at radius 3 is 2.56 bits per heavy atom. The number of nitrogens with zero attached hydrogens (tertiary/aromatic N) is 1. The van der Waals surface area contributed by atoms with Crippen molar-refractivity contribution in [1.82, 2.24) is 10.2 Å². The van der Waals surface area contributed by atoms with Crippen molar-refractivity contribution in [3.63, 3.8) is 0 Å². The normalized spacial score (nSPS) is 14.2. The Balaban J connectivity index is 0.00000274. The van der Waals surface area contributed by atoms with Crippen LogP contribution >= 0.6 is 12.4 Å². The molecule has 1 saturated heterocycles. The van der Waals surface area contributed by atoms with Gasteiger partial charge in [0.1, 0.15) is 11.3 Å². The lowest BCUT2D eigenvalue weighted by Gasteiger charge is -2.27. The van der Waals surface area contributed by atoms with Crippen LogP contribution in [-0.4, -0.2) is 37.0 Å². The van der Waals surface area contributed by atoms with Crippen LogP contribution in [-0.2, 0) is 11.3 Å². The molecule has 174 valence electrons. The van der Waals surface area contributed by atoms with Gasteiger partial charge >= 0.3 is 0 Å². The van der Waals surface area contributed by atoms with Crippen LogP contribution in [0, 0.1) is 0 Å². The van der Waals surface area contributed by atoms with Gasteiger partial charge in [-0.3, -0.25) is 9.69 Å². The number of rotatable bonds is 6. The van der Waals surface area contributed by atoms with E-state index in [1.165, 1.54) is 5.56 Å². The fraction of sp³-hybridized carbons (Fsp3) is 0.179. The highest BCUT2D eigenvalue weighted by Crippen LogP contribution is 2.33. The Bertz CT molecular complexity index is 1280. The minimum atomic E-state index is -0.180. The Kier molecular flexibility index (Phi) is 7.80. The molecule has 6 heteroatoms. The van der Waals surface area contributed by atoms with E-state index in [0.29, 0.717) is 0 Å². The molecule has 5 nitrogen and oxygen atoms in total. The smallest absolute Gasteiger partial charge is 0.248 e. The number of hydrogen-bond donors (Lipinski definition) is 2. The van der Waals surface area contributed by atoms with E-state index in [1.807, 2.05) is 60.7 Å². The van der Waals surface area contributed by atoms with Crippen molar-refractivity contribution in [2.24, 2.45) is 0 Å². The van der Waals surface area contributed by atoms with E-state index in [-0.39, 0.29) is 18.3 Å². The highest BCUT2D eigenvalue weighted by Gasteiger charge is 2.14. The van der Waals surface area contributed by atoms with Crippen molar-refractivity contribution >= 4 is 41.0 Å². The molecule has 1 aromatic heterocycles. The molecule has 0 bridgehead atoms. The lowest BCUT2D eigenvalue weighted by atomic mass is 10.1. The van der Waals surface area contributed by atoms with E-state index >= 15 is 0 Å². The van der Waals surface area contributed by atoms with Gasteiger partial charge in [0.2, 0.25) is 5.91 Å². The molecular formula is C28H28ClN3O2. The maximum atomic E-state index is 12.5. The number of halogens is 1. The molecule has 0 saturated carbocycles. The molecule has 0 radical (unpaired) electrons. The van der Waals surface area contributed by atoms with Crippen LogP contribution in [0.5, 0.6) is 0 Å². The number of furan rings is 1. The lowest BCUT2D eigenvalue weighted by Crippen LogP contribution is -2.42. The summed E-state index contributed by atoms with van der Waals surface area (Å²) >= 11 is 0. The van der Waals surface area contributed by atoms with Gasteiger partial charge in [0, 0.05) is 49.7 Å². The number of amides is 1. The number of fused-ring (bicyclic) bond motifs is 1. The Labute approximate surface area is 205 Å². The third-order valence-electron chi connectivity index (χ3n) is 5.87. The van der Waals surface area contributed by atoms with Crippen molar-refractivity contribution in [3.8, 4) is 11.3 Å². The minimum absolute atomic E-state index is 0. The highest BCUT2D eigenvalue weighted by atomic mass is 35.5. The van der Waals surface area contributed by atoms with E-state index in [2.05, 4.69) is 33.7 Å². The average molecular weight is 474 g/mol. The number of carbonyl (C=O) groups excluding carboxylic acids is 1. The summed E-state index contributed by atoms with van der Waals surface area (Å²) in [7, 11) is 0. The summed E-state index contributed by atoms with van der Waals surface area (Å²) in [6, 6.07) is 25.9. The second-order valence-corrected chi connectivity index (χ2v) is 8.29. The van der Waals surface area contributed by atoms with E-state index in [9.17, 15) is 4.79 Å². The second-order valence-electron chi connectivity index (χ2n) is 8.29. The second kappa shape index (κ2) is 11.2. The Hall–Kier alpha value is -3.38. The van der Waals surface area contributed by atoms with Crippen molar-refractivity contribution in [3.05, 3.63) is 96.1 Å². The number of benzene rings is 3. The van der Waals surface area contributed by atoms with Gasteiger partial charge in [-0.05, 0) is 47.5 Å². The standard InChI is InChI=1S/C28H27N3O2.ClH/c32-28(13-11-21-6-2-1-3-7-21)30-25-9-5-4-8-24(25)27-19-23-18-22(10-12-26(23)33-27)20-31-16-14-29-15-17-31;/h1-13,18-19,29H,14-17,20H2,(H,30,32);1H. The molecule has 0 atom stereocenters. The fourth-order valence-electron chi connectivity index (χ4n) is 4.17. The minimum Gasteiger partial charge on any atom is -0.456 e. The predicted molar refractivity (Wildman–Crippen MR) is 141 cm³/mol. The molecule has 0 aliphatic carbocycles. The monoisotopic (exact) mass is 473 g/mol. The number of piperazine rings is 1. The molecule has 34 heavy (non-hydrogen) atoms. The van der Waals surface area contributed by atoms with Crippen LogP contribution < -0.4 is 10.6 Å². The van der Waals surface area contributed by atoms with Gasteiger partial charge in [0.05, 0.1) is 5.69 Å². The molecule has 1 fully saturated rings. The Morgan fingerprint density at radius 2 is 1.74 bits per heavy atom. The van der Waals surface area contributed by atoms with E-state index < -0.39 is 0 Å². The van der Waals surface area contributed by atoms with Gasteiger partial charge < -0.3 is 15.1 Å². The fourth-order valence-corrected chi connectivity index (χ4v) is 4.17. The van der Waals surface area contributed by atoms with Crippen LogP contribution in [0.4, 0.5) is 5.69 Å². The summed E-state index contributed by atoms with van der Waals surface area (Å²) in [4.78, 5) is 15.0. The molecule has 4 aromatic rings. The summed E-state index contributed by atoms with van der Waals surface area (Å²) in [6.07, 6.45) is 3.35. The molecule has 1 amide bonds. The zero-order valence-electron chi connectivity index (χ0n) is 18.9. The van der Waals surface area contributed by atoms with Crippen LogP contribution in [0.15, 0.2) is 89.4 Å². The summed E-state index contributed by atoms with van der Waals surface area (Å²) in [5.41, 5.74) is 4.69. The number of hydrogen-bond acceptors (Lipinski definition) is 4. The van der Waals surface area contributed by atoms with Gasteiger partial charge in [-0.1, -0.05) is 48.5 Å². The number of carbonyl (C=O) groups is 1. The topological polar surface area (TPSA) is 57.5 Å². The first-order valence-electron chi connectivity index (χ1n) is 11.3.